The first-order valence-electron chi connectivity index (χ1n) is 25.8. The van der Waals surface area contributed by atoms with Crippen molar-refractivity contribution < 1.29 is 42.8 Å². The molecular weight excluding hydrogens is 783 g/mol. The Balaban J connectivity index is 4.92. The normalized spacial score (nSPS) is 12.2. The van der Waals surface area contributed by atoms with Crippen LogP contribution in [0.3, 0.4) is 0 Å². The molecule has 0 fully saturated rings. The highest BCUT2D eigenvalue weighted by Crippen LogP contribution is 2.14. The summed E-state index contributed by atoms with van der Waals surface area (Å²) in [6, 6.07) is 0. The molecule has 10 nitrogen and oxygen atoms in total. The Morgan fingerprint density at radius 3 is 1.47 bits per heavy atom. The van der Waals surface area contributed by atoms with E-state index in [0.29, 0.717) is 32.5 Å². The number of ether oxygens (including phenoxy) is 6. The summed E-state index contributed by atoms with van der Waals surface area (Å²) in [6.07, 6.45) is 37.9. The van der Waals surface area contributed by atoms with E-state index in [9.17, 15) is 14.4 Å². The quantitative estimate of drug-likeness (QED) is 0.0193. The van der Waals surface area contributed by atoms with Crippen LogP contribution in [0.15, 0.2) is 24.3 Å². The summed E-state index contributed by atoms with van der Waals surface area (Å²) in [5.74, 6) is -1.21. The fourth-order valence-corrected chi connectivity index (χ4v) is 7.07. The molecule has 0 radical (unpaired) electrons. The van der Waals surface area contributed by atoms with Crippen molar-refractivity contribution in [2.24, 2.45) is 5.92 Å². The smallest absolute Gasteiger partial charge is 0.465 e. The number of esters is 2. The topological polar surface area (TPSA) is 110 Å². The number of hydrogen-bond donors (Lipinski definition) is 0. The predicted molar refractivity (Wildman–Crippen MR) is 255 cm³/mol. The summed E-state index contributed by atoms with van der Waals surface area (Å²) in [5.41, 5.74) is 0. The molecule has 0 N–H and O–H groups in total. The number of nitrogens with zero attached hydrogens (tertiary/aromatic N) is 1. The molecule has 364 valence electrons. The molecule has 1 atom stereocenters. The van der Waals surface area contributed by atoms with E-state index in [1.54, 1.807) is 0 Å². The molecule has 0 saturated heterocycles. The van der Waals surface area contributed by atoms with E-state index >= 15 is 0 Å². The number of hydrogen-bond acceptors (Lipinski definition) is 10. The van der Waals surface area contributed by atoms with Crippen LogP contribution in [0.4, 0.5) is 4.79 Å². The zero-order valence-corrected chi connectivity index (χ0v) is 41.0. The fourth-order valence-electron chi connectivity index (χ4n) is 7.07. The average molecular weight is 880 g/mol. The Bertz CT molecular complexity index is 1030. The minimum Gasteiger partial charge on any atom is -0.465 e. The highest BCUT2D eigenvalue weighted by atomic mass is 16.7. The van der Waals surface area contributed by atoms with E-state index in [0.717, 1.165) is 103 Å². The van der Waals surface area contributed by atoms with Gasteiger partial charge in [-0.05, 0) is 83.7 Å². The molecule has 0 saturated carbocycles. The maximum absolute atomic E-state index is 13.0. The molecule has 0 aromatic rings. The Hall–Kier alpha value is -2.43. The van der Waals surface area contributed by atoms with E-state index < -0.39 is 24.3 Å². The van der Waals surface area contributed by atoms with Gasteiger partial charge in [-0.3, -0.25) is 9.59 Å². The highest BCUT2D eigenvalue weighted by Gasteiger charge is 2.20. The van der Waals surface area contributed by atoms with Gasteiger partial charge >= 0.3 is 18.1 Å². The number of allylic oxidation sites excluding steroid dienone is 4. The van der Waals surface area contributed by atoms with Gasteiger partial charge in [0.25, 0.3) is 0 Å². The lowest BCUT2D eigenvalue weighted by Gasteiger charge is -2.21. The summed E-state index contributed by atoms with van der Waals surface area (Å²) < 4.78 is 34.2. The van der Waals surface area contributed by atoms with Crippen molar-refractivity contribution >= 4 is 18.1 Å². The van der Waals surface area contributed by atoms with Gasteiger partial charge in [-0.15, -0.1) is 0 Å². The number of rotatable bonds is 47. The van der Waals surface area contributed by atoms with Crippen LogP contribution in [0.2, 0.25) is 0 Å². The summed E-state index contributed by atoms with van der Waals surface area (Å²) >= 11 is 0. The molecule has 10 heteroatoms. The lowest BCUT2D eigenvalue weighted by Crippen LogP contribution is -2.28. The second-order valence-electron chi connectivity index (χ2n) is 17.1. The summed E-state index contributed by atoms with van der Waals surface area (Å²) in [5, 5.41) is 0. The molecule has 0 heterocycles. The van der Waals surface area contributed by atoms with Crippen molar-refractivity contribution in [3.05, 3.63) is 24.3 Å². The molecular formula is C52H97NO9. The number of carbonyl (C=O) groups excluding carboxylic acids is 3. The van der Waals surface area contributed by atoms with Gasteiger partial charge in [0.1, 0.15) is 19.8 Å². The van der Waals surface area contributed by atoms with Crippen LogP contribution in [-0.2, 0) is 38.0 Å². The standard InChI is InChI=1S/C52H97NO9/c1-6-11-14-17-20-21-22-23-24-25-26-27-28-29-32-36-49(54)60-45-48(47-62-52(56)59-44-35-41-53(39-9-4)40-10-5)46-61-50(55)37-38-51(57-42-33-30-18-15-12-7-2)58-43-34-31-19-16-13-8-3/h20-21,23-24,48,51H,6-19,22,25-47H2,1-5H3/b21-20-,24-23-. The minimum absolute atomic E-state index is 0.0198. The molecule has 0 aliphatic heterocycles. The second-order valence-corrected chi connectivity index (χ2v) is 17.1. The molecule has 62 heavy (non-hydrogen) atoms. The van der Waals surface area contributed by atoms with Crippen LogP contribution >= 0.6 is 0 Å². The zero-order chi connectivity index (χ0) is 45.4. The third-order valence-electron chi connectivity index (χ3n) is 10.8. The summed E-state index contributed by atoms with van der Waals surface area (Å²) in [6.45, 7) is 15.2. The van der Waals surface area contributed by atoms with E-state index in [1.165, 1.54) is 77.0 Å². The molecule has 0 bridgehead atoms. The van der Waals surface area contributed by atoms with Crippen LogP contribution in [0.25, 0.3) is 0 Å². The molecule has 0 aromatic heterocycles. The summed E-state index contributed by atoms with van der Waals surface area (Å²) in [7, 11) is 0. The number of carbonyl (C=O) groups is 3. The van der Waals surface area contributed by atoms with Crippen molar-refractivity contribution in [2.75, 3.05) is 59.3 Å². The van der Waals surface area contributed by atoms with Gasteiger partial charge in [-0.25, -0.2) is 4.79 Å². The maximum Gasteiger partial charge on any atom is 0.508 e. The Morgan fingerprint density at radius 2 is 0.903 bits per heavy atom. The first kappa shape index (κ1) is 59.6. The van der Waals surface area contributed by atoms with E-state index in [2.05, 4.69) is 63.8 Å². The first-order valence-corrected chi connectivity index (χ1v) is 25.8. The molecule has 0 aromatic carbocycles. The zero-order valence-electron chi connectivity index (χ0n) is 41.0. The molecule has 0 aliphatic rings. The minimum atomic E-state index is -0.775. The largest absolute Gasteiger partial charge is 0.508 e. The molecule has 0 aliphatic carbocycles. The molecule has 1 unspecified atom stereocenters. The van der Waals surface area contributed by atoms with E-state index in [1.807, 2.05) is 0 Å². The van der Waals surface area contributed by atoms with Gasteiger partial charge < -0.3 is 33.3 Å². The first-order chi connectivity index (χ1) is 30.4. The van der Waals surface area contributed by atoms with Crippen LogP contribution in [-0.4, -0.2) is 88.6 Å². The van der Waals surface area contributed by atoms with Crippen molar-refractivity contribution in [3.63, 3.8) is 0 Å². The second kappa shape index (κ2) is 48.0. The number of unbranched alkanes of at least 4 members (excludes halogenated alkanes) is 18. The predicted octanol–water partition coefficient (Wildman–Crippen LogP) is 14.0. The van der Waals surface area contributed by atoms with Crippen LogP contribution < -0.4 is 0 Å². The fraction of sp³-hybridized carbons (Fsp3) is 0.865. The molecule has 0 amide bonds. The molecule has 0 rings (SSSR count). The maximum atomic E-state index is 13.0. The van der Waals surface area contributed by atoms with Crippen LogP contribution in [0.1, 0.15) is 221 Å². The van der Waals surface area contributed by atoms with Gasteiger partial charge in [-0.1, -0.05) is 155 Å². The third-order valence-corrected chi connectivity index (χ3v) is 10.8. The Kier molecular flexibility index (Phi) is 46.2. The SMILES string of the molecule is CCCCC/C=C\C/C=C\CCCCCCCC(=O)OCC(COC(=O)CCC(OCCCCCCCC)OCCCCCCCC)COC(=O)OCCCN(CCC)CCC. The van der Waals surface area contributed by atoms with Gasteiger partial charge in [0.2, 0.25) is 0 Å². The van der Waals surface area contributed by atoms with Gasteiger partial charge in [-0.2, -0.15) is 0 Å². The lowest BCUT2D eigenvalue weighted by atomic mass is 10.1. The van der Waals surface area contributed by atoms with Crippen molar-refractivity contribution in [1.82, 2.24) is 4.90 Å². The van der Waals surface area contributed by atoms with Crippen molar-refractivity contribution in [2.45, 2.75) is 227 Å². The van der Waals surface area contributed by atoms with Crippen molar-refractivity contribution in [3.8, 4) is 0 Å². The van der Waals surface area contributed by atoms with Crippen LogP contribution in [0, 0.1) is 5.92 Å². The monoisotopic (exact) mass is 880 g/mol. The van der Waals surface area contributed by atoms with Crippen LogP contribution in [0.5, 0.6) is 0 Å². The third kappa shape index (κ3) is 42.9. The molecule has 0 spiro atoms. The lowest BCUT2D eigenvalue weighted by molar-refractivity contribution is -0.161. The Morgan fingerprint density at radius 1 is 0.435 bits per heavy atom. The Labute approximate surface area is 381 Å². The van der Waals surface area contributed by atoms with E-state index in [-0.39, 0.29) is 38.8 Å². The average Bonchev–Trinajstić information content (AvgIpc) is 3.27. The highest BCUT2D eigenvalue weighted by molar-refractivity contribution is 5.69. The van der Waals surface area contributed by atoms with E-state index in [4.69, 9.17) is 28.4 Å². The van der Waals surface area contributed by atoms with Gasteiger partial charge in [0.05, 0.1) is 18.9 Å². The van der Waals surface area contributed by atoms with Crippen molar-refractivity contribution in [1.29, 1.82) is 0 Å². The summed E-state index contributed by atoms with van der Waals surface area (Å²) in [4.78, 5) is 40.6. The van der Waals surface area contributed by atoms with Gasteiger partial charge in [0, 0.05) is 32.6 Å². The van der Waals surface area contributed by atoms with Gasteiger partial charge in [0.15, 0.2) is 6.29 Å².